The summed E-state index contributed by atoms with van der Waals surface area (Å²) in [5.41, 5.74) is 7.84. The minimum atomic E-state index is 0.217. The maximum Gasteiger partial charge on any atom is 0.0304 e. The van der Waals surface area contributed by atoms with Gasteiger partial charge in [0.15, 0.2) is 0 Å². The molecule has 0 aromatic heterocycles. The van der Waals surface area contributed by atoms with Crippen molar-refractivity contribution < 1.29 is 0 Å². The van der Waals surface area contributed by atoms with E-state index in [0.29, 0.717) is 0 Å². The molecule has 0 amide bonds. The van der Waals surface area contributed by atoms with Crippen molar-refractivity contribution in [1.82, 2.24) is 5.32 Å². The number of benzene rings is 1. The Kier molecular flexibility index (Phi) is 4.97. The van der Waals surface area contributed by atoms with E-state index in [2.05, 4.69) is 35.6 Å². The SMILES string of the molecule is NCC1(NCCCC2CC2)CCC(c2ccccc2)CC1. The first-order valence-electron chi connectivity index (χ1n) is 8.81. The molecule has 2 fully saturated rings. The van der Waals surface area contributed by atoms with Gasteiger partial charge in [-0.05, 0) is 62.5 Å². The van der Waals surface area contributed by atoms with Crippen LogP contribution in [0.25, 0.3) is 0 Å². The molecule has 116 valence electrons. The van der Waals surface area contributed by atoms with Gasteiger partial charge in [0, 0.05) is 12.1 Å². The summed E-state index contributed by atoms with van der Waals surface area (Å²) in [5.74, 6) is 1.79. The molecule has 0 aliphatic heterocycles. The number of nitrogens with two attached hydrogens (primary N) is 1. The molecule has 0 spiro atoms. The molecule has 3 rings (SSSR count). The maximum atomic E-state index is 6.11. The first-order valence-corrected chi connectivity index (χ1v) is 8.81. The highest BCUT2D eigenvalue weighted by atomic mass is 15.0. The molecule has 1 aromatic rings. The first-order chi connectivity index (χ1) is 10.3. The molecule has 2 aliphatic rings. The molecule has 0 heterocycles. The van der Waals surface area contributed by atoms with E-state index < -0.39 is 0 Å². The lowest BCUT2D eigenvalue weighted by Gasteiger charge is -2.40. The standard InChI is InChI=1S/C19H30N2/c20-15-19(21-14-4-5-16-8-9-16)12-10-18(11-13-19)17-6-2-1-3-7-17/h1-3,6-7,16,18,21H,4-5,8-15,20H2. The minimum absolute atomic E-state index is 0.217. The Hall–Kier alpha value is -0.860. The van der Waals surface area contributed by atoms with E-state index in [4.69, 9.17) is 5.73 Å². The molecule has 2 aliphatic carbocycles. The zero-order chi connectivity index (χ0) is 14.5. The van der Waals surface area contributed by atoms with Crippen LogP contribution in [0.1, 0.15) is 62.8 Å². The molecule has 0 saturated heterocycles. The molecule has 0 unspecified atom stereocenters. The Labute approximate surface area is 129 Å². The monoisotopic (exact) mass is 286 g/mol. The summed E-state index contributed by atoms with van der Waals surface area (Å²) in [6.45, 7) is 1.95. The number of nitrogens with one attached hydrogen (secondary N) is 1. The first kappa shape index (κ1) is 15.1. The average Bonchev–Trinajstić information content (AvgIpc) is 3.37. The summed E-state index contributed by atoms with van der Waals surface area (Å²) in [7, 11) is 0. The third-order valence-corrected chi connectivity index (χ3v) is 5.59. The maximum absolute atomic E-state index is 6.11. The Morgan fingerprint density at radius 1 is 1.05 bits per heavy atom. The summed E-state index contributed by atoms with van der Waals surface area (Å²) in [6.07, 6.45) is 10.7. The van der Waals surface area contributed by atoms with Gasteiger partial charge in [-0.3, -0.25) is 0 Å². The van der Waals surface area contributed by atoms with Gasteiger partial charge in [0.2, 0.25) is 0 Å². The molecule has 2 saturated carbocycles. The molecule has 2 nitrogen and oxygen atoms in total. The van der Waals surface area contributed by atoms with Crippen LogP contribution in [0.5, 0.6) is 0 Å². The van der Waals surface area contributed by atoms with Crippen molar-refractivity contribution in [2.24, 2.45) is 11.7 Å². The molecule has 2 heteroatoms. The smallest absolute Gasteiger partial charge is 0.0304 e. The van der Waals surface area contributed by atoms with Crippen LogP contribution in [0.2, 0.25) is 0 Å². The quantitative estimate of drug-likeness (QED) is 0.748. The second-order valence-electron chi connectivity index (χ2n) is 7.18. The molecular weight excluding hydrogens is 256 g/mol. The van der Waals surface area contributed by atoms with Crippen LogP contribution in [-0.4, -0.2) is 18.6 Å². The zero-order valence-electron chi connectivity index (χ0n) is 13.2. The van der Waals surface area contributed by atoms with Crippen LogP contribution in [0.4, 0.5) is 0 Å². The second-order valence-corrected chi connectivity index (χ2v) is 7.18. The third-order valence-electron chi connectivity index (χ3n) is 5.59. The Morgan fingerprint density at radius 3 is 2.38 bits per heavy atom. The van der Waals surface area contributed by atoms with E-state index in [1.165, 1.54) is 56.9 Å². The van der Waals surface area contributed by atoms with Gasteiger partial charge in [0.05, 0.1) is 0 Å². The highest BCUT2D eigenvalue weighted by Crippen LogP contribution is 2.38. The normalized spacial score (nSPS) is 29.5. The van der Waals surface area contributed by atoms with Crippen molar-refractivity contribution in [2.45, 2.75) is 62.8 Å². The third kappa shape index (κ3) is 4.08. The van der Waals surface area contributed by atoms with E-state index >= 15 is 0 Å². The van der Waals surface area contributed by atoms with Gasteiger partial charge in [0.25, 0.3) is 0 Å². The molecule has 1 aromatic carbocycles. The largest absolute Gasteiger partial charge is 0.329 e. The molecular formula is C19H30N2. The van der Waals surface area contributed by atoms with Crippen LogP contribution < -0.4 is 11.1 Å². The molecule has 21 heavy (non-hydrogen) atoms. The Bertz CT molecular complexity index is 416. The Balaban J connectivity index is 1.46. The summed E-state index contributed by atoms with van der Waals surface area (Å²) in [4.78, 5) is 0. The lowest BCUT2D eigenvalue weighted by atomic mass is 9.74. The van der Waals surface area contributed by atoms with Gasteiger partial charge in [-0.2, -0.15) is 0 Å². The van der Waals surface area contributed by atoms with Crippen molar-refractivity contribution in [3.63, 3.8) is 0 Å². The number of hydrogen-bond acceptors (Lipinski definition) is 2. The lowest BCUT2D eigenvalue weighted by Crippen LogP contribution is -2.53. The average molecular weight is 286 g/mol. The van der Waals surface area contributed by atoms with Gasteiger partial charge in [0.1, 0.15) is 0 Å². The lowest BCUT2D eigenvalue weighted by molar-refractivity contribution is 0.221. The van der Waals surface area contributed by atoms with Crippen LogP contribution in [0.15, 0.2) is 30.3 Å². The van der Waals surface area contributed by atoms with E-state index in [-0.39, 0.29) is 5.54 Å². The van der Waals surface area contributed by atoms with Crippen molar-refractivity contribution in [3.05, 3.63) is 35.9 Å². The van der Waals surface area contributed by atoms with E-state index in [1.807, 2.05) is 0 Å². The van der Waals surface area contributed by atoms with Crippen molar-refractivity contribution in [1.29, 1.82) is 0 Å². The van der Waals surface area contributed by atoms with E-state index in [1.54, 1.807) is 0 Å². The number of hydrogen-bond donors (Lipinski definition) is 2. The van der Waals surface area contributed by atoms with Crippen molar-refractivity contribution >= 4 is 0 Å². The second kappa shape index (κ2) is 6.93. The molecule has 0 atom stereocenters. The summed E-state index contributed by atoms with van der Waals surface area (Å²) in [5, 5.41) is 3.81. The van der Waals surface area contributed by atoms with Gasteiger partial charge in [-0.1, -0.05) is 43.2 Å². The highest BCUT2D eigenvalue weighted by molar-refractivity contribution is 5.20. The fourth-order valence-electron chi connectivity index (χ4n) is 3.83. The van der Waals surface area contributed by atoms with Crippen molar-refractivity contribution in [3.8, 4) is 0 Å². The molecule has 3 N–H and O–H groups in total. The number of rotatable bonds is 7. The van der Waals surface area contributed by atoms with Gasteiger partial charge < -0.3 is 11.1 Å². The van der Waals surface area contributed by atoms with Gasteiger partial charge in [-0.25, -0.2) is 0 Å². The van der Waals surface area contributed by atoms with E-state index in [0.717, 1.165) is 24.9 Å². The fraction of sp³-hybridized carbons (Fsp3) is 0.684. The molecule has 0 radical (unpaired) electrons. The van der Waals surface area contributed by atoms with Gasteiger partial charge in [-0.15, -0.1) is 0 Å². The van der Waals surface area contributed by atoms with Crippen LogP contribution >= 0.6 is 0 Å². The summed E-state index contributed by atoms with van der Waals surface area (Å²) < 4.78 is 0. The van der Waals surface area contributed by atoms with Crippen LogP contribution in [0, 0.1) is 5.92 Å². The predicted octanol–water partition coefficient (Wildman–Crippen LogP) is 3.82. The van der Waals surface area contributed by atoms with Crippen LogP contribution in [0.3, 0.4) is 0 Å². The fourth-order valence-corrected chi connectivity index (χ4v) is 3.83. The zero-order valence-corrected chi connectivity index (χ0v) is 13.2. The topological polar surface area (TPSA) is 38.0 Å². The van der Waals surface area contributed by atoms with E-state index in [9.17, 15) is 0 Å². The molecule has 0 bridgehead atoms. The Morgan fingerprint density at radius 2 is 1.76 bits per heavy atom. The highest BCUT2D eigenvalue weighted by Gasteiger charge is 2.34. The summed E-state index contributed by atoms with van der Waals surface area (Å²) >= 11 is 0. The minimum Gasteiger partial charge on any atom is -0.329 e. The van der Waals surface area contributed by atoms with Crippen molar-refractivity contribution in [2.75, 3.05) is 13.1 Å². The van der Waals surface area contributed by atoms with Gasteiger partial charge >= 0.3 is 0 Å². The summed E-state index contributed by atoms with van der Waals surface area (Å²) in [6, 6.07) is 11.0. The predicted molar refractivity (Wildman–Crippen MR) is 89.4 cm³/mol. The van der Waals surface area contributed by atoms with Crippen LogP contribution in [-0.2, 0) is 0 Å².